The lowest BCUT2D eigenvalue weighted by atomic mass is 10.0. The molecular weight excluding hydrogens is 202 g/mol. The first kappa shape index (κ1) is 9.15. The molecule has 0 saturated carbocycles. The molecule has 0 unspecified atom stereocenters. The molecule has 0 atom stereocenters. The third kappa shape index (κ3) is 1.39. The van der Waals surface area contributed by atoms with Crippen LogP contribution in [-0.4, -0.2) is 16.2 Å². The van der Waals surface area contributed by atoms with Gasteiger partial charge in [0.15, 0.2) is 5.82 Å². The van der Waals surface area contributed by atoms with Crippen molar-refractivity contribution in [1.82, 2.24) is 9.97 Å². The summed E-state index contributed by atoms with van der Waals surface area (Å²) >= 11 is 0. The molecule has 2 aromatic rings. The highest BCUT2D eigenvalue weighted by Gasteiger charge is 2.11. The summed E-state index contributed by atoms with van der Waals surface area (Å²) in [6.45, 7) is 0. The predicted molar refractivity (Wildman–Crippen MR) is 62.3 cm³/mol. The molecule has 78 valence electrons. The molecule has 0 saturated heterocycles. The van der Waals surface area contributed by atoms with Gasteiger partial charge in [-0.1, -0.05) is 18.2 Å². The van der Waals surface area contributed by atoms with Crippen LogP contribution in [0.5, 0.6) is 0 Å². The number of benzene rings is 1. The topological polar surface area (TPSA) is 55.2 Å². The van der Waals surface area contributed by atoms with E-state index in [0.29, 0.717) is 11.3 Å². The van der Waals surface area contributed by atoms with Crippen molar-refractivity contribution in [3.63, 3.8) is 0 Å². The molecule has 4 heteroatoms. The summed E-state index contributed by atoms with van der Waals surface area (Å²) in [5, 5.41) is 0.976. The van der Waals surface area contributed by atoms with Crippen LogP contribution in [0, 0.1) is 0 Å². The lowest BCUT2D eigenvalue weighted by molar-refractivity contribution is 1.01. The predicted octanol–water partition coefficient (Wildman–Crippen LogP) is 1.64. The molecule has 0 aliphatic carbocycles. The first-order chi connectivity index (χ1) is 7.84. The van der Waals surface area contributed by atoms with Gasteiger partial charge in [-0.25, -0.2) is 9.79 Å². The van der Waals surface area contributed by atoms with Crippen LogP contribution < -0.4 is 5.69 Å². The van der Waals surface area contributed by atoms with Crippen molar-refractivity contribution >= 4 is 22.9 Å². The van der Waals surface area contributed by atoms with Gasteiger partial charge in [-0.2, -0.15) is 9.97 Å². The molecule has 0 spiro atoms. The summed E-state index contributed by atoms with van der Waals surface area (Å²) in [4.78, 5) is 23.5. The molecule has 0 N–H and O–H groups in total. The van der Waals surface area contributed by atoms with Gasteiger partial charge < -0.3 is 0 Å². The van der Waals surface area contributed by atoms with Crippen molar-refractivity contribution in [1.29, 1.82) is 0 Å². The van der Waals surface area contributed by atoms with Gasteiger partial charge in [0.1, 0.15) is 0 Å². The Morgan fingerprint density at radius 3 is 2.94 bits per heavy atom. The number of rotatable bonds is 0. The second-order valence-corrected chi connectivity index (χ2v) is 3.68. The van der Waals surface area contributed by atoms with Crippen LogP contribution in [-0.2, 0) is 6.42 Å². The van der Waals surface area contributed by atoms with E-state index >= 15 is 0 Å². The number of fused-ring (bicyclic) bond motifs is 3. The third-order valence-corrected chi connectivity index (χ3v) is 2.65. The number of nitrogens with zero attached hydrogens (tertiary/aromatic N) is 3. The van der Waals surface area contributed by atoms with Crippen molar-refractivity contribution in [3.05, 3.63) is 40.3 Å². The molecule has 1 aromatic heterocycles. The maximum atomic E-state index is 11.5. The quantitative estimate of drug-likeness (QED) is 0.665. The molecular formula is C12H9N3O. The SMILES string of the molecule is O=c1nc2c(c3ccccc3n1)CCC=N2. The van der Waals surface area contributed by atoms with E-state index in [0.717, 1.165) is 23.8 Å². The molecule has 1 aromatic carbocycles. The molecule has 0 bridgehead atoms. The number of hydrogen-bond acceptors (Lipinski definition) is 4. The summed E-state index contributed by atoms with van der Waals surface area (Å²) < 4.78 is 0. The highest BCUT2D eigenvalue weighted by Crippen LogP contribution is 2.25. The van der Waals surface area contributed by atoms with Crippen molar-refractivity contribution in [2.45, 2.75) is 12.8 Å². The maximum absolute atomic E-state index is 11.5. The van der Waals surface area contributed by atoms with Gasteiger partial charge >= 0.3 is 5.69 Å². The molecule has 1 aliphatic rings. The fourth-order valence-electron chi connectivity index (χ4n) is 1.95. The Hall–Kier alpha value is -2.10. The van der Waals surface area contributed by atoms with Gasteiger partial charge in [0.25, 0.3) is 0 Å². The minimum Gasteiger partial charge on any atom is -0.244 e. The fraction of sp³-hybridized carbons (Fsp3) is 0.167. The smallest absolute Gasteiger partial charge is 0.244 e. The number of hydrogen-bond donors (Lipinski definition) is 0. The Morgan fingerprint density at radius 1 is 1.12 bits per heavy atom. The van der Waals surface area contributed by atoms with E-state index in [9.17, 15) is 4.79 Å². The lowest BCUT2D eigenvalue weighted by Crippen LogP contribution is -2.05. The highest BCUT2D eigenvalue weighted by atomic mass is 16.1. The summed E-state index contributed by atoms with van der Waals surface area (Å²) in [6.07, 6.45) is 3.54. The van der Waals surface area contributed by atoms with Crippen LogP contribution in [0.2, 0.25) is 0 Å². The van der Waals surface area contributed by atoms with E-state index < -0.39 is 5.69 Å². The fourth-order valence-corrected chi connectivity index (χ4v) is 1.95. The van der Waals surface area contributed by atoms with Crippen LogP contribution in [0.25, 0.3) is 10.9 Å². The molecule has 16 heavy (non-hydrogen) atoms. The molecule has 0 radical (unpaired) electrons. The van der Waals surface area contributed by atoms with E-state index in [-0.39, 0.29) is 0 Å². The van der Waals surface area contributed by atoms with E-state index in [1.54, 1.807) is 6.21 Å². The largest absolute Gasteiger partial charge is 0.369 e. The Labute approximate surface area is 91.7 Å². The standard InChI is InChI=1S/C12H9N3O/c16-12-14-10-6-2-1-4-8(10)9-5-3-7-13-11(9)15-12/h1-2,4,6-7H,3,5H2. The van der Waals surface area contributed by atoms with Gasteiger partial charge in [-0.15, -0.1) is 0 Å². The van der Waals surface area contributed by atoms with Crippen LogP contribution in [0.15, 0.2) is 34.1 Å². The molecule has 1 aliphatic heterocycles. The summed E-state index contributed by atoms with van der Waals surface area (Å²) in [5.74, 6) is 0.518. The van der Waals surface area contributed by atoms with Gasteiger partial charge in [0, 0.05) is 17.2 Å². The zero-order valence-corrected chi connectivity index (χ0v) is 8.55. The Kier molecular flexibility index (Phi) is 1.99. The number of para-hydroxylation sites is 1. The summed E-state index contributed by atoms with van der Waals surface area (Å²) in [7, 11) is 0. The number of aliphatic imine (C=N–C) groups is 1. The summed E-state index contributed by atoms with van der Waals surface area (Å²) in [6, 6.07) is 7.60. The second-order valence-electron chi connectivity index (χ2n) is 3.68. The average molecular weight is 211 g/mol. The van der Waals surface area contributed by atoms with Gasteiger partial charge in [-0.3, -0.25) is 0 Å². The lowest BCUT2D eigenvalue weighted by Gasteiger charge is -2.06. The minimum absolute atomic E-state index is 0.475. The number of aryl methyl sites for hydroxylation is 1. The second kappa shape index (κ2) is 3.48. The Bertz CT molecular complexity index is 649. The van der Waals surface area contributed by atoms with Crippen molar-refractivity contribution in [2.75, 3.05) is 0 Å². The van der Waals surface area contributed by atoms with Crippen molar-refractivity contribution in [3.8, 4) is 0 Å². The molecule has 2 heterocycles. The van der Waals surface area contributed by atoms with Gasteiger partial charge in [0.05, 0.1) is 5.52 Å². The Morgan fingerprint density at radius 2 is 2.00 bits per heavy atom. The first-order valence-electron chi connectivity index (χ1n) is 5.17. The molecule has 3 rings (SSSR count). The third-order valence-electron chi connectivity index (χ3n) is 2.65. The average Bonchev–Trinajstić information content (AvgIpc) is 2.44. The monoisotopic (exact) mass is 211 g/mol. The van der Waals surface area contributed by atoms with Crippen LogP contribution >= 0.6 is 0 Å². The first-order valence-corrected chi connectivity index (χ1v) is 5.17. The van der Waals surface area contributed by atoms with Crippen LogP contribution in [0.1, 0.15) is 12.0 Å². The van der Waals surface area contributed by atoms with Crippen molar-refractivity contribution in [2.24, 2.45) is 4.99 Å². The molecule has 4 nitrogen and oxygen atoms in total. The normalized spacial score (nSPS) is 13.8. The Balaban J connectivity index is 2.54. The van der Waals surface area contributed by atoms with E-state index in [1.165, 1.54) is 0 Å². The van der Waals surface area contributed by atoms with E-state index in [4.69, 9.17) is 0 Å². The maximum Gasteiger partial charge on any atom is 0.369 e. The minimum atomic E-state index is -0.475. The zero-order chi connectivity index (χ0) is 11.0. The van der Waals surface area contributed by atoms with E-state index in [1.807, 2.05) is 24.3 Å². The van der Waals surface area contributed by atoms with E-state index in [2.05, 4.69) is 15.0 Å². The van der Waals surface area contributed by atoms with Gasteiger partial charge in [0.2, 0.25) is 0 Å². The van der Waals surface area contributed by atoms with Crippen LogP contribution in [0.3, 0.4) is 0 Å². The summed E-state index contributed by atoms with van der Waals surface area (Å²) in [5.41, 5.74) is 1.24. The van der Waals surface area contributed by atoms with Gasteiger partial charge in [-0.05, 0) is 18.9 Å². The molecule has 0 amide bonds. The van der Waals surface area contributed by atoms with Crippen molar-refractivity contribution < 1.29 is 0 Å². The van der Waals surface area contributed by atoms with Crippen LogP contribution in [0.4, 0.5) is 5.82 Å². The highest BCUT2D eigenvalue weighted by molar-refractivity contribution is 5.86. The number of aromatic nitrogens is 2. The zero-order valence-electron chi connectivity index (χ0n) is 8.55. The molecule has 0 fully saturated rings.